The van der Waals surface area contributed by atoms with Crippen molar-refractivity contribution in [3.8, 4) is 28.7 Å². The Morgan fingerprint density at radius 1 is 0.974 bits per heavy atom. The number of hydrogen-bond donors (Lipinski definition) is 1. The molecule has 0 aromatic heterocycles. The Hall–Kier alpha value is -4.40. The third-order valence-corrected chi connectivity index (χ3v) is 7.36. The van der Waals surface area contributed by atoms with E-state index >= 15 is 0 Å². The van der Waals surface area contributed by atoms with Gasteiger partial charge >= 0.3 is 0 Å². The fraction of sp³-hybridized carbons (Fsp3) is 0.310. The molecule has 3 heterocycles. The number of fused-ring (bicyclic) bond motifs is 5. The number of rotatable bonds is 8. The van der Waals surface area contributed by atoms with Gasteiger partial charge in [0.15, 0.2) is 11.5 Å². The first kappa shape index (κ1) is 24.0. The Labute approximate surface area is 220 Å². The molecule has 0 saturated heterocycles. The smallest absolute Gasteiger partial charge is 0.245 e. The van der Waals surface area contributed by atoms with Crippen LogP contribution in [0.25, 0.3) is 0 Å². The van der Waals surface area contributed by atoms with Gasteiger partial charge in [0.2, 0.25) is 18.6 Å². The first-order chi connectivity index (χ1) is 18.5. The van der Waals surface area contributed by atoms with E-state index in [0.29, 0.717) is 48.3 Å². The monoisotopic (exact) mass is 516 g/mol. The maximum Gasteiger partial charge on any atom is 0.245 e. The number of ether oxygens (including phenoxy) is 5. The lowest BCUT2D eigenvalue weighted by Crippen LogP contribution is -2.43. The lowest BCUT2D eigenvalue weighted by molar-refractivity contribution is -0.122. The van der Waals surface area contributed by atoms with Gasteiger partial charge in [-0.25, -0.2) is 0 Å². The number of nitrogens with one attached hydrogen (secondary N) is 1. The van der Waals surface area contributed by atoms with Crippen LogP contribution in [0.5, 0.6) is 28.7 Å². The molecule has 0 bridgehead atoms. The number of carbonyl (C=O) groups is 2. The van der Waals surface area contributed by atoms with Gasteiger partial charge < -0.3 is 33.9 Å². The van der Waals surface area contributed by atoms with Gasteiger partial charge in [0.1, 0.15) is 29.3 Å². The summed E-state index contributed by atoms with van der Waals surface area (Å²) in [6.07, 6.45) is 0.755. The molecular formula is C29H28N2O7. The first-order valence-electron chi connectivity index (χ1n) is 12.5. The van der Waals surface area contributed by atoms with Crippen molar-refractivity contribution < 1.29 is 33.3 Å². The molecule has 9 nitrogen and oxygen atoms in total. The third-order valence-electron chi connectivity index (χ3n) is 7.36. The topological polar surface area (TPSA) is 95.6 Å². The molecule has 3 aliphatic heterocycles. The minimum absolute atomic E-state index is 0.0382. The van der Waals surface area contributed by atoms with Gasteiger partial charge in [-0.2, -0.15) is 0 Å². The SMILES string of the molecule is COc1ccc(OC)c(CC(=O)NCCCN2C(=O)C3(COc4cc5c(cc43)OCO5)c3ccccc32)c1. The van der Waals surface area contributed by atoms with Gasteiger partial charge in [-0.1, -0.05) is 18.2 Å². The summed E-state index contributed by atoms with van der Waals surface area (Å²) in [4.78, 5) is 28.5. The van der Waals surface area contributed by atoms with Crippen LogP contribution in [0.1, 0.15) is 23.1 Å². The molecular weight excluding hydrogens is 488 g/mol. The predicted molar refractivity (Wildman–Crippen MR) is 139 cm³/mol. The Morgan fingerprint density at radius 3 is 2.61 bits per heavy atom. The number of nitrogens with zero attached hydrogens (tertiary/aromatic N) is 1. The van der Waals surface area contributed by atoms with Crippen LogP contribution in [0, 0.1) is 0 Å². The average molecular weight is 517 g/mol. The minimum Gasteiger partial charge on any atom is -0.497 e. The zero-order valence-electron chi connectivity index (χ0n) is 21.2. The van der Waals surface area contributed by atoms with Crippen LogP contribution >= 0.6 is 0 Å². The van der Waals surface area contributed by atoms with E-state index in [-0.39, 0.29) is 31.6 Å². The highest BCUT2D eigenvalue weighted by Crippen LogP contribution is 2.54. The van der Waals surface area contributed by atoms with Crippen molar-refractivity contribution in [3.05, 3.63) is 71.3 Å². The van der Waals surface area contributed by atoms with Crippen molar-refractivity contribution in [2.24, 2.45) is 0 Å². The highest BCUT2D eigenvalue weighted by molar-refractivity contribution is 6.11. The second-order valence-corrected chi connectivity index (χ2v) is 9.43. The number of benzene rings is 3. The molecule has 196 valence electrons. The Kier molecular flexibility index (Phi) is 5.98. The van der Waals surface area contributed by atoms with Crippen molar-refractivity contribution in [3.63, 3.8) is 0 Å². The van der Waals surface area contributed by atoms with E-state index in [1.165, 1.54) is 0 Å². The molecule has 0 fully saturated rings. The van der Waals surface area contributed by atoms with Gasteiger partial charge in [0.05, 0.1) is 20.6 Å². The fourth-order valence-corrected chi connectivity index (χ4v) is 5.51. The maximum absolute atomic E-state index is 14.0. The zero-order chi connectivity index (χ0) is 26.3. The standard InChI is InChI=1S/C29H28N2O7/c1-34-19-8-9-23(35-2)18(12-19)13-27(32)30-10-5-11-31-22-7-4-3-6-20(22)29(28(31)33)16-36-24-15-26-25(14-21(24)29)37-17-38-26/h3-4,6-9,12,14-15H,5,10-11,13,16-17H2,1-2H3,(H,30,32). The summed E-state index contributed by atoms with van der Waals surface area (Å²) < 4.78 is 27.8. The molecule has 3 aliphatic rings. The average Bonchev–Trinajstić information content (AvgIpc) is 3.61. The van der Waals surface area contributed by atoms with Crippen LogP contribution in [0.2, 0.25) is 0 Å². The molecule has 1 unspecified atom stereocenters. The number of hydrogen-bond acceptors (Lipinski definition) is 7. The molecule has 6 rings (SSSR count). The van der Waals surface area contributed by atoms with Crippen molar-refractivity contribution in [1.82, 2.24) is 5.32 Å². The normalized spacial score (nSPS) is 18.3. The maximum atomic E-state index is 14.0. The second kappa shape index (κ2) is 9.48. The van der Waals surface area contributed by atoms with Gasteiger partial charge in [-0.15, -0.1) is 0 Å². The molecule has 0 aliphatic carbocycles. The minimum atomic E-state index is -0.931. The van der Waals surface area contributed by atoms with Gasteiger partial charge in [-0.3, -0.25) is 9.59 Å². The van der Waals surface area contributed by atoms with Crippen molar-refractivity contribution in [2.75, 3.05) is 45.6 Å². The summed E-state index contributed by atoms with van der Waals surface area (Å²) in [5, 5.41) is 2.96. The third kappa shape index (κ3) is 3.77. The Morgan fingerprint density at radius 2 is 1.79 bits per heavy atom. The second-order valence-electron chi connectivity index (χ2n) is 9.43. The summed E-state index contributed by atoms with van der Waals surface area (Å²) in [6.45, 7) is 1.25. The van der Waals surface area contributed by atoms with E-state index in [2.05, 4.69) is 5.32 Å². The van der Waals surface area contributed by atoms with Crippen LogP contribution in [-0.4, -0.2) is 52.5 Å². The van der Waals surface area contributed by atoms with Crippen LogP contribution < -0.4 is 33.9 Å². The van der Waals surface area contributed by atoms with Crippen molar-refractivity contribution in [1.29, 1.82) is 0 Å². The zero-order valence-corrected chi connectivity index (χ0v) is 21.2. The molecule has 0 radical (unpaired) electrons. The van der Waals surface area contributed by atoms with E-state index < -0.39 is 5.41 Å². The van der Waals surface area contributed by atoms with E-state index in [0.717, 1.165) is 22.4 Å². The lowest BCUT2D eigenvalue weighted by atomic mass is 9.77. The fourth-order valence-electron chi connectivity index (χ4n) is 5.51. The number of methoxy groups -OCH3 is 2. The van der Waals surface area contributed by atoms with E-state index in [9.17, 15) is 9.59 Å². The van der Waals surface area contributed by atoms with Crippen LogP contribution in [0.15, 0.2) is 54.6 Å². The summed E-state index contributed by atoms with van der Waals surface area (Å²) in [7, 11) is 3.15. The van der Waals surface area contributed by atoms with Crippen molar-refractivity contribution in [2.45, 2.75) is 18.3 Å². The molecule has 3 aromatic carbocycles. The summed E-state index contributed by atoms with van der Waals surface area (Å²) in [5.41, 5.74) is 2.38. The Balaban J connectivity index is 1.15. The highest BCUT2D eigenvalue weighted by atomic mass is 16.7. The number of carbonyl (C=O) groups excluding carboxylic acids is 2. The molecule has 3 aromatic rings. The molecule has 1 atom stereocenters. The first-order valence-corrected chi connectivity index (χ1v) is 12.5. The van der Waals surface area contributed by atoms with E-state index in [4.69, 9.17) is 23.7 Å². The highest BCUT2D eigenvalue weighted by Gasteiger charge is 2.57. The summed E-state index contributed by atoms with van der Waals surface area (Å²) in [6, 6.07) is 16.9. The van der Waals surface area contributed by atoms with Gasteiger partial charge in [0, 0.05) is 36.0 Å². The van der Waals surface area contributed by atoms with Crippen molar-refractivity contribution >= 4 is 17.5 Å². The van der Waals surface area contributed by atoms with Crippen LogP contribution in [0.4, 0.5) is 5.69 Å². The Bertz CT molecular complexity index is 1420. The molecule has 38 heavy (non-hydrogen) atoms. The quantitative estimate of drug-likeness (QED) is 0.460. The largest absolute Gasteiger partial charge is 0.497 e. The summed E-state index contributed by atoms with van der Waals surface area (Å²) >= 11 is 0. The van der Waals surface area contributed by atoms with Crippen LogP contribution in [0.3, 0.4) is 0 Å². The number of para-hydroxylation sites is 1. The number of amides is 2. The van der Waals surface area contributed by atoms with E-state index in [1.54, 1.807) is 43.4 Å². The molecule has 2 amide bonds. The molecule has 1 spiro atoms. The van der Waals surface area contributed by atoms with E-state index in [1.807, 2.05) is 30.3 Å². The van der Waals surface area contributed by atoms with Gasteiger partial charge in [0.25, 0.3) is 0 Å². The van der Waals surface area contributed by atoms with Crippen LogP contribution in [-0.2, 0) is 21.4 Å². The lowest BCUT2D eigenvalue weighted by Gasteiger charge is -2.23. The summed E-state index contributed by atoms with van der Waals surface area (Å²) in [5.74, 6) is 3.01. The molecule has 9 heteroatoms. The molecule has 1 N–H and O–H groups in total. The molecule has 0 saturated carbocycles. The van der Waals surface area contributed by atoms with Gasteiger partial charge in [-0.05, 0) is 42.3 Å². The predicted octanol–water partition coefficient (Wildman–Crippen LogP) is 3.21. The number of anilines is 1.